The maximum absolute atomic E-state index is 12.6. The summed E-state index contributed by atoms with van der Waals surface area (Å²) in [5.41, 5.74) is 1.78. The van der Waals surface area contributed by atoms with E-state index in [4.69, 9.17) is 9.47 Å². The minimum atomic E-state index is -0.659. The molecule has 0 radical (unpaired) electrons. The summed E-state index contributed by atoms with van der Waals surface area (Å²) >= 11 is 0. The Morgan fingerprint density at radius 1 is 0.778 bits per heavy atom. The molecule has 0 N–H and O–H groups in total. The molecule has 4 nitrogen and oxygen atoms in total. The van der Waals surface area contributed by atoms with E-state index in [1.54, 1.807) is 43.5 Å². The van der Waals surface area contributed by atoms with Crippen molar-refractivity contribution in [1.29, 1.82) is 0 Å². The number of carbonyl (C=O) groups excluding carboxylic acids is 2. The normalized spacial score (nSPS) is 11.4. The second-order valence-corrected chi connectivity index (χ2v) is 6.03. The predicted octanol–water partition coefficient (Wildman–Crippen LogP) is 4.87. The lowest BCUT2D eigenvalue weighted by molar-refractivity contribution is 0.0279. The predicted molar refractivity (Wildman–Crippen MR) is 103 cm³/mol. The van der Waals surface area contributed by atoms with Crippen molar-refractivity contribution in [3.63, 3.8) is 0 Å². The van der Waals surface area contributed by atoms with Crippen molar-refractivity contribution < 1.29 is 19.1 Å². The molecule has 3 aromatic rings. The van der Waals surface area contributed by atoms with E-state index >= 15 is 0 Å². The van der Waals surface area contributed by atoms with Gasteiger partial charge in [0.1, 0.15) is 11.9 Å². The summed E-state index contributed by atoms with van der Waals surface area (Å²) in [5, 5.41) is 0. The Balaban J connectivity index is 1.79. The Morgan fingerprint density at radius 2 is 1.37 bits per heavy atom. The summed E-state index contributed by atoms with van der Waals surface area (Å²) in [6.07, 6.45) is -0.580. The van der Waals surface area contributed by atoms with E-state index in [9.17, 15) is 9.59 Å². The molecular weight excluding hydrogens is 340 g/mol. The van der Waals surface area contributed by atoms with E-state index in [1.807, 2.05) is 48.5 Å². The van der Waals surface area contributed by atoms with Gasteiger partial charge >= 0.3 is 5.97 Å². The maximum atomic E-state index is 12.6. The van der Waals surface area contributed by atoms with Crippen molar-refractivity contribution in [2.75, 3.05) is 7.11 Å². The van der Waals surface area contributed by atoms with Gasteiger partial charge in [0, 0.05) is 5.56 Å². The fraction of sp³-hybridized carbons (Fsp3) is 0.130. The number of carbonyl (C=O) groups is 2. The number of ketones is 1. The SMILES string of the molecule is COc1ccc(C(=O)OC(CC(=O)c2ccccc2)c2ccccc2)cc1. The Bertz CT molecular complexity index is 887. The van der Waals surface area contributed by atoms with Crippen molar-refractivity contribution in [3.05, 3.63) is 102 Å². The largest absolute Gasteiger partial charge is 0.497 e. The molecule has 1 atom stereocenters. The van der Waals surface area contributed by atoms with Gasteiger partial charge in [0.2, 0.25) is 0 Å². The van der Waals surface area contributed by atoms with Crippen LogP contribution < -0.4 is 4.74 Å². The van der Waals surface area contributed by atoms with Gasteiger partial charge in [-0.05, 0) is 29.8 Å². The Labute approximate surface area is 158 Å². The fourth-order valence-electron chi connectivity index (χ4n) is 2.73. The van der Waals surface area contributed by atoms with E-state index in [0.29, 0.717) is 16.9 Å². The minimum absolute atomic E-state index is 0.0769. The molecule has 0 fully saturated rings. The van der Waals surface area contributed by atoms with Crippen LogP contribution in [0.15, 0.2) is 84.9 Å². The average molecular weight is 360 g/mol. The summed E-state index contributed by atoms with van der Waals surface area (Å²) < 4.78 is 10.8. The highest BCUT2D eigenvalue weighted by molar-refractivity contribution is 5.97. The first-order valence-electron chi connectivity index (χ1n) is 8.65. The van der Waals surface area contributed by atoms with Crippen LogP contribution >= 0.6 is 0 Å². The van der Waals surface area contributed by atoms with Gasteiger partial charge in [-0.1, -0.05) is 60.7 Å². The quantitative estimate of drug-likeness (QED) is 0.446. The van der Waals surface area contributed by atoms with Crippen LogP contribution in [0.25, 0.3) is 0 Å². The van der Waals surface area contributed by atoms with Crippen LogP contribution in [0, 0.1) is 0 Å². The molecule has 0 aliphatic rings. The summed E-state index contributed by atoms with van der Waals surface area (Å²) in [7, 11) is 1.56. The van der Waals surface area contributed by atoms with Gasteiger partial charge in [0.15, 0.2) is 5.78 Å². The van der Waals surface area contributed by atoms with Crippen LogP contribution in [-0.4, -0.2) is 18.9 Å². The summed E-state index contributed by atoms with van der Waals surface area (Å²) in [6.45, 7) is 0. The van der Waals surface area contributed by atoms with E-state index in [1.165, 1.54) is 0 Å². The van der Waals surface area contributed by atoms with Crippen molar-refractivity contribution in [3.8, 4) is 5.75 Å². The first-order chi connectivity index (χ1) is 13.2. The number of hydrogen-bond acceptors (Lipinski definition) is 4. The first-order valence-corrected chi connectivity index (χ1v) is 8.65. The topological polar surface area (TPSA) is 52.6 Å². The van der Waals surface area contributed by atoms with E-state index in [2.05, 4.69) is 0 Å². The Hall–Kier alpha value is -3.40. The molecule has 27 heavy (non-hydrogen) atoms. The van der Waals surface area contributed by atoms with Crippen molar-refractivity contribution in [2.45, 2.75) is 12.5 Å². The van der Waals surface area contributed by atoms with E-state index in [-0.39, 0.29) is 12.2 Å². The fourth-order valence-corrected chi connectivity index (χ4v) is 2.73. The molecule has 3 rings (SSSR count). The molecule has 0 saturated carbocycles. The molecule has 0 spiro atoms. The third-order valence-corrected chi connectivity index (χ3v) is 4.21. The van der Waals surface area contributed by atoms with Gasteiger partial charge in [-0.15, -0.1) is 0 Å². The molecule has 0 heterocycles. The van der Waals surface area contributed by atoms with Crippen LogP contribution in [0.1, 0.15) is 38.8 Å². The highest BCUT2D eigenvalue weighted by Crippen LogP contribution is 2.25. The molecule has 0 bridgehead atoms. The third-order valence-electron chi connectivity index (χ3n) is 4.21. The zero-order chi connectivity index (χ0) is 19.1. The lowest BCUT2D eigenvalue weighted by atomic mass is 10.00. The lowest BCUT2D eigenvalue weighted by Gasteiger charge is -2.18. The molecule has 0 saturated heterocycles. The van der Waals surface area contributed by atoms with E-state index in [0.717, 1.165) is 5.56 Å². The number of hydrogen-bond donors (Lipinski definition) is 0. The van der Waals surface area contributed by atoms with Crippen LogP contribution in [0.3, 0.4) is 0 Å². The minimum Gasteiger partial charge on any atom is -0.497 e. The summed E-state index contributed by atoms with van der Waals surface area (Å²) in [6, 6.07) is 25.0. The molecule has 1 unspecified atom stereocenters. The van der Waals surface area contributed by atoms with Crippen LogP contribution in [0.2, 0.25) is 0 Å². The second-order valence-electron chi connectivity index (χ2n) is 6.03. The molecule has 4 heteroatoms. The highest BCUT2D eigenvalue weighted by atomic mass is 16.5. The number of rotatable bonds is 7. The zero-order valence-electron chi connectivity index (χ0n) is 15.0. The molecule has 0 amide bonds. The van der Waals surface area contributed by atoms with Gasteiger partial charge in [-0.2, -0.15) is 0 Å². The lowest BCUT2D eigenvalue weighted by Crippen LogP contribution is -2.15. The van der Waals surface area contributed by atoms with Gasteiger partial charge in [0.25, 0.3) is 0 Å². The number of methoxy groups -OCH3 is 1. The molecular formula is C23H20O4. The van der Waals surface area contributed by atoms with Gasteiger partial charge < -0.3 is 9.47 Å². The van der Waals surface area contributed by atoms with Gasteiger partial charge in [-0.3, -0.25) is 4.79 Å². The number of esters is 1. The number of ether oxygens (including phenoxy) is 2. The highest BCUT2D eigenvalue weighted by Gasteiger charge is 2.22. The van der Waals surface area contributed by atoms with Gasteiger partial charge in [0.05, 0.1) is 19.1 Å². The third kappa shape index (κ3) is 4.82. The molecule has 0 aliphatic heterocycles. The van der Waals surface area contributed by atoms with Crippen LogP contribution in [0.5, 0.6) is 5.75 Å². The summed E-state index contributed by atoms with van der Waals surface area (Å²) in [5.74, 6) is 0.102. The smallest absolute Gasteiger partial charge is 0.338 e. The Morgan fingerprint density at radius 3 is 1.96 bits per heavy atom. The van der Waals surface area contributed by atoms with Crippen LogP contribution in [0.4, 0.5) is 0 Å². The van der Waals surface area contributed by atoms with E-state index < -0.39 is 12.1 Å². The summed E-state index contributed by atoms with van der Waals surface area (Å²) in [4.78, 5) is 25.2. The molecule has 3 aromatic carbocycles. The van der Waals surface area contributed by atoms with Crippen molar-refractivity contribution >= 4 is 11.8 Å². The molecule has 0 aromatic heterocycles. The monoisotopic (exact) mass is 360 g/mol. The number of benzene rings is 3. The Kier molecular flexibility index (Phi) is 6.00. The van der Waals surface area contributed by atoms with Crippen molar-refractivity contribution in [2.24, 2.45) is 0 Å². The molecule has 136 valence electrons. The van der Waals surface area contributed by atoms with Gasteiger partial charge in [-0.25, -0.2) is 4.79 Å². The number of Topliss-reactive ketones (excluding diaryl/α,β-unsaturated/α-hetero) is 1. The zero-order valence-corrected chi connectivity index (χ0v) is 15.0. The second kappa shape index (κ2) is 8.81. The average Bonchev–Trinajstić information content (AvgIpc) is 2.74. The maximum Gasteiger partial charge on any atom is 0.338 e. The van der Waals surface area contributed by atoms with Crippen molar-refractivity contribution in [1.82, 2.24) is 0 Å². The first kappa shape index (κ1) is 18.4. The standard InChI is InChI=1S/C23H20O4/c1-26-20-14-12-19(13-15-20)23(25)27-22(18-10-6-3-7-11-18)16-21(24)17-8-4-2-5-9-17/h2-15,22H,16H2,1H3. The van der Waals surface area contributed by atoms with Crippen LogP contribution in [-0.2, 0) is 4.74 Å². The molecule has 0 aliphatic carbocycles.